The smallest absolute Gasteiger partial charge is 0.323 e. The lowest BCUT2D eigenvalue weighted by atomic mass is 10.2. The molecule has 2 aromatic rings. The summed E-state index contributed by atoms with van der Waals surface area (Å²) in [7, 11) is -1.92. The average Bonchev–Trinajstić information content (AvgIpc) is 2.74. The van der Waals surface area contributed by atoms with Gasteiger partial charge in [-0.1, -0.05) is 20.8 Å². The second kappa shape index (κ2) is 9.05. The van der Waals surface area contributed by atoms with Gasteiger partial charge in [-0.25, -0.2) is 14.8 Å². The number of urea groups is 1. The number of aromatic nitrogens is 2. The SMILES string of the molecule is CC(C)(C)[Si](C)(C)Oc1ccc(NC(=O)N2CCN(c3ccc(C=O)cn3)CC2)nc1. The van der Waals surface area contributed by atoms with E-state index in [4.69, 9.17) is 4.43 Å². The molecular formula is C22H31N5O3Si. The number of carbonyl (C=O) groups is 2. The van der Waals surface area contributed by atoms with Gasteiger partial charge in [0.25, 0.3) is 8.32 Å². The van der Waals surface area contributed by atoms with Crippen LogP contribution in [-0.4, -0.2) is 61.7 Å². The van der Waals surface area contributed by atoms with Crippen molar-refractivity contribution in [1.82, 2.24) is 14.9 Å². The van der Waals surface area contributed by atoms with Crippen LogP contribution in [0.1, 0.15) is 31.1 Å². The van der Waals surface area contributed by atoms with E-state index in [9.17, 15) is 9.59 Å². The molecule has 2 aromatic heterocycles. The molecule has 1 aliphatic rings. The largest absolute Gasteiger partial charge is 0.542 e. The third-order valence-corrected chi connectivity index (χ3v) is 10.3. The summed E-state index contributed by atoms with van der Waals surface area (Å²) in [6, 6.07) is 7.04. The van der Waals surface area contributed by atoms with Gasteiger partial charge < -0.3 is 14.2 Å². The molecule has 1 fully saturated rings. The van der Waals surface area contributed by atoms with Crippen molar-refractivity contribution in [3.8, 4) is 5.75 Å². The highest BCUT2D eigenvalue weighted by molar-refractivity contribution is 6.74. The maximum absolute atomic E-state index is 12.6. The number of hydrogen-bond donors (Lipinski definition) is 1. The molecule has 2 amide bonds. The van der Waals surface area contributed by atoms with Gasteiger partial charge >= 0.3 is 6.03 Å². The van der Waals surface area contributed by atoms with Gasteiger partial charge in [0.1, 0.15) is 17.4 Å². The van der Waals surface area contributed by atoms with Gasteiger partial charge in [-0.2, -0.15) is 0 Å². The number of piperazine rings is 1. The Bertz CT molecular complexity index is 902. The monoisotopic (exact) mass is 441 g/mol. The average molecular weight is 442 g/mol. The lowest BCUT2D eigenvalue weighted by Gasteiger charge is -2.36. The van der Waals surface area contributed by atoms with Crippen LogP contribution in [0.5, 0.6) is 5.75 Å². The van der Waals surface area contributed by atoms with Crippen LogP contribution in [0.25, 0.3) is 0 Å². The fraction of sp³-hybridized carbons (Fsp3) is 0.455. The van der Waals surface area contributed by atoms with Gasteiger partial charge in [0.15, 0.2) is 6.29 Å². The molecular weight excluding hydrogens is 410 g/mol. The van der Waals surface area contributed by atoms with E-state index in [1.807, 2.05) is 12.1 Å². The fourth-order valence-electron chi connectivity index (χ4n) is 2.94. The van der Waals surface area contributed by atoms with E-state index in [-0.39, 0.29) is 11.1 Å². The van der Waals surface area contributed by atoms with Crippen molar-refractivity contribution >= 4 is 32.3 Å². The summed E-state index contributed by atoms with van der Waals surface area (Å²) in [6.07, 6.45) is 4.01. The first-order chi connectivity index (χ1) is 14.6. The quantitative estimate of drug-likeness (QED) is 0.557. The lowest BCUT2D eigenvalue weighted by Crippen LogP contribution is -2.50. The zero-order valence-electron chi connectivity index (χ0n) is 18.9. The van der Waals surface area contributed by atoms with Crippen molar-refractivity contribution in [3.05, 3.63) is 42.2 Å². The molecule has 3 rings (SSSR count). The zero-order chi connectivity index (χ0) is 22.6. The molecule has 0 radical (unpaired) electrons. The van der Waals surface area contributed by atoms with Gasteiger partial charge in [0, 0.05) is 37.9 Å². The lowest BCUT2D eigenvalue weighted by molar-refractivity contribution is 0.112. The van der Waals surface area contributed by atoms with Crippen molar-refractivity contribution in [2.24, 2.45) is 0 Å². The summed E-state index contributed by atoms with van der Waals surface area (Å²) in [5, 5.41) is 2.97. The van der Waals surface area contributed by atoms with E-state index in [0.717, 1.165) is 17.9 Å². The molecule has 0 aliphatic carbocycles. The van der Waals surface area contributed by atoms with E-state index in [1.165, 1.54) is 0 Å². The van der Waals surface area contributed by atoms with Gasteiger partial charge in [-0.15, -0.1) is 0 Å². The Morgan fingerprint density at radius 1 is 1.06 bits per heavy atom. The summed E-state index contributed by atoms with van der Waals surface area (Å²) in [5.41, 5.74) is 0.551. The maximum atomic E-state index is 12.6. The van der Waals surface area contributed by atoms with Crippen molar-refractivity contribution in [2.45, 2.75) is 38.9 Å². The molecule has 1 saturated heterocycles. The van der Waals surface area contributed by atoms with E-state index in [1.54, 1.807) is 29.4 Å². The Morgan fingerprint density at radius 2 is 1.77 bits per heavy atom. The fourth-order valence-corrected chi connectivity index (χ4v) is 3.96. The van der Waals surface area contributed by atoms with Crippen LogP contribution < -0.4 is 14.6 Å². The van der Waals surface area contributed by atoms with E-state index >= 15 is 0 Å². The number of aldehydes is 1. The van der Waals surface area contributed by atoms with Crippen LogP contribution in [0.3, 0.4) is 0 Å². The first kappa shape index (κ1) is 22.7. The summed E-state index contributed by atoms with van der Waals surface area (Å²) in [4.78, 5) is 35.9. The van der Waals surface area contributed by atoms with Crippen molar-refractivity contribution < 1.29 is 14.0 Å². The highest BCUT2D eigenvalue weighted by Gasteiger charge is 2.39. The molecule has 1 N–H and O–H groups in total. The molecule has 9 heteroatoms. The Hall–Kier alpha value is -2.94. The van der Waals surface area contributed by atoms with Gasteiger partial charge in [-0.3, -0.25) is 10.1 Å². The van der Waals surface area contributed by atoms with Crippen LogP contribution in [0, 0.1) is 0 Å². The number of pyridine rings is 2. The van der Waals surface area contributed by atoms with Gasteiger partial charge in [-0.05, 0) is 42.4 Å². The maximum Gasteiger partial charge on any atom is 0.323 e. The number of hydrogen-bond acceptors (Lipinski definition) is 6. The van der Waals surface area contributed by atoms with Crippen molar-refractivity contribution in [1.29, 1.82) is 0 Å². The minimum Gasteiger partial charge on any atom is -0.542 e. The Balaban J connectivity index is 1.52. The molecule has 166 valence electrons. The van der Waals surface area contributed by atoms with Crippen LogP contribution >= 0.6 is 0 Å². The minimum absolute atomic E-state index is 0.105. The normalized spacial score (nSPS) is 14.9. The third-order valence-electron chi connectivity index (χ3n) is 5.95. The third kappa shape index (κ3) is 5.60. The topological polar surface area (TPSA) is 87.7 Å². The first-order valence-corrected chi connectivity index (χ1v) is 13.4. The molecule has 1 aliphatic heterocycles. The summed E-state index contributed by atoms with van der Waals surface area (Å²) < 4.78 is 6.23. The van der Waals surface area contributed by atoms with Crippen LogP contribution in [0.4, 0.5) is 16.4 Å². The summed E-state index contributed by atoms with van der Waals surface area (Å²) >= 11 is 0. The predicted molar refractivity (Wildman–Crippen MR) is 124 cm³/mol. The number of rotatable bonds is 5. The second-order valence-corrected chi connectivity index (χ2v) is 13.9. The van der Waals surface area contributed by atoms with Gasteiger partial charge in [0.2, 0.25) is 0 Å². The van der Waals surface area contributed by atoms with Crippen LogP contribution in [0.15, 0.2) is 36.7 Å². The molecule has 31 heavy (non-hydrogen) atoms. The molecule has 3 heterocycles. The van der Waals surface area contributed by atoms with Crippen molar-refractivity contribution in [3.63, 3.8) is 0 Å². The number of nitrogens with zero attached hydrogens (tertiary/aromatic N) is 4. The molecule has 0 bridgehead atoms. The highest BCUT2D eigenvalue weighted by atomic mass is 28.4. The minimum atomic E-state index is -1.92. The first-order valence-electron chi connectivity index (χ1n) is 10.5. The second-order valence-electron chi connectivity index (χ2n) is 9.21. The molecule has 0 aromatic carbocycles. The predicted octanol–water partition coefficient (Wildman–Crippen LogP) is 4.03. The number of nitrogens with one attached hydrogen (secondary N) is 1. The molecule has 0 atom stereocenters. The van der Waals surface area contributed by atoms with Crippen LogP contribution in [-0.2, 0) is 0 Å². The van der Waals surface area contributed by atoms with E-state index in [0.29, 0.717) is 37.6 Å². The summed E-state index contributed by atoms with van der Waals surface area (Å²) in [6.45, 7) is 13.5. The van der Waals surface area contributed by atoms with Gasteiger partial charge in [0.05, 0.1) is 6.20 Å². The Kier molecular flexibility index (Phi) is 6.64. The van der Waals surface area contributed by atoms with Crippen molar-refractivity contribution in [2.75, 3.05) is 36.4 Å². The molecule has 0 unspecified atom stereocenters. The Labute approximate surface area is 184 Å². The van der Waals surface area contributed by atoms with E-state index < -0.39 is 8.32 Å². The van der Waals surface area contributed by atoms with Crippen LogP contribution in [0.2, 0.25) is 18.1 Å². The molecule has 0 saturated carbocycles. The highest BCUT2D eigenvalue weighted by Crippen LogP contribution is 2.37. The number of anilines is 2. The zero-order valence-corrected chi connectivity index (χ0v) is 19.9. The summed E-state index contributed by atoms with van der Waals surface area (Å²) in [5.74, 6) is 2.04. The number of amides is 2. The molecule has 0 spiro atoms. The number of carbonyl (C=O) groups excluding carboxylic acids is 2. The standard InChI is InChI=1S/C22H31N5O3Si/c1-22(2,3)31(4,5)30-18-7-8-19(23-15-18)25-21(29)27-12-10-26(11-13-27)20-9-6-17(16-28)14-24-20/h6-9,14-16H,10-13H2,1-5H3,(H,23,25,29). The Morgan fingerprint density at radius 3 is 2.29 bits per heavy atom. The van der Waals surface area contributed by atoms with E-state index in [2.05, 4.69) is 54.0 Å². The molecule has 8 nitrogen and oxygen atoms in total.